The Balaban J connectivity index is 1.88. The summed E-state index contributed by atoms with van der Waals surface area (Å²) in [6, 6.07) is 5.91. The first-order valence-electron chi connectivity index (χ1n) is 7.44. The molecule has 7 heteroatoms. The van der Waals surface area contributed by atoms with Crippen LogP contribution in [0.15, 0.2) is 24.3 Å². The van der Waals surface area contributed by atoms with Gasteiger partial charge in [-0.15, -0.1) is 0 Å². The lowest BCUT2D eigenvalue weighted by atomic mass is 9.85. The molecule has 1 aliphatic rings. The minimum absolute atomic E-state index is 0.0140. The summed E-state index contributed by atoms with van der Waals surface area (Å²) >= 11 is 0. The number of carbonyl (C=O) groups excluding carboxylic acids is 1. The number of hydrogen-bond acceptors (Lipinski definition) is 2. The molecule has 4 nitrogen and oxygen atoms in total. The fourth-order valence-corrected chi connectivity index (χ4v) is 2.90. The molecule has 0 saturated heterocycles. The zero-order valence-corrected chi connectivity index (χ0v) is 12.4. The summed E-state index contributed by atoms with van der Waals surface area (Å²) in [5.74, 6) is -2.77. The molecule has 1 amide bonds. The van der Waals surface area contributed by atoms with Gasteiger partial charge in [0.1, 0.15) is 0 Å². The Labute approximate surface area is 131 Å². The molecule has 0 heterocycles. The van der Waals surface area contributed by atoms with Crippen molar-refractivity contribution in [3.05, 3.63) is 35.4 Å². The minimum atomic E-state index is -4.17. The van der Waals surface area contributed by atoms with Gasteiger partial charge in [-0.1, -0.05) is 18.2 Å². The second kappa shape index (κ2) is 7.02. The maximum atomic E-state index is 12.6. The third-order valence-corrected chi connectivity index (χ3v) is 4.15. The highest BCUT2D eigenvalue weighted by molar-refractivity contribution is 5.91. The number of rotatable bonds is 4. The normalized spacial score (nSPS) is 21.7. The van der Waals surface area contributed by atoms with Crippen molar-refractivity contribution in [3.63, 3.8) is 0 Å². The Morgan fingerprint density at radius 1 is 1.13 bits per heavy atom. The van der Waals surface area contributed by atoms with Crippen LogP contribution in [0.3, 0.4) is 0 Å². The van der Waals surface area contributed by atoms with E-state index in [4.69, 9.17) is 5.11 Å². The predicted molar refractivity (Wildman–Crippen MR) is 77.0 cm³/mol. The standard InChI is InChI=1S/C16H18F3NO3/c17-16(18,19)11-5-7-12(8-6-11)20-14(21)9-10-3-1-2-4-13(10)15(22)23/h1-4,11-12H,5-9H2,(H,20,21)(H,22,23). The molecule has 0 spiro atoms. The Morgan fingerprint density at radius 3 is 2.30 bits per heavy atom. The van der Waals surface area contributed by atoms with Gasteiger partial charge in [0.25, 0.3) is 0 Å². The molecular formula is C16H18F3NO3. The smallest absolute Gasteiger partial charge is 0.391 e. The van der Waals surface area contributed by atoms with Crippen molar-refractivity contribution < 1.29 is 27.9 Å². The number of nitrogens with one attached hydrogen (secondary N) is 1. The van der Waals surface area contributed by atoms with Gasteiger partial charge in [0.15, 0.2) is 0 Å². The van der Waals surface area contributed by atoms with E-state index in [2.05, 4.69) is 5.32 Å². The van der Waals surface area contributed by atoms with Gasteiger partial charge in [-0.05, 0) is 37.3 Å². The van der Waals surface area contributed by atoms with E-state index in [1.165, 1.54) is 6.07 Å². The van der Waals surface area contributed by atoms with Gasteiger partial charge in [0.2, 0.25) is 5.91 Å². The van der Waals surface area contributed by atoms with Crippen molar-refractivity contribution in [1.29, 1.82) is 0 Å². The Morgan fingerprint density at radius 2 is 1.74 bits per heavy atom. The SMILES string of the molecule is O=C(Cc1ccccc1C(=O)O)NC1CCC(C(F)(F)F)CC1. The molecule has 1 fully saturated rings. The van der Waals surface area contributed by atoms with Crippen LogP contribution in [0.25, 0.3) is 0 Å². The molecule has 0 radical (unpaired) electrons. The monoisotopic (exact) mass is 329 g/mol. The molecule has 2 rings (SSSR count). The quantitative estimate of drug-likeness (QED) is 0.892. The maximum absolute atomic E-state index is 12.6. The fraction of sp³-hybridized carbons (Fsp3) is 0.500. The highest BCUT2D eigenvalue weighted by Gasteiger charge is 2.41. The van der Waals surface area contributed by atoms with Crippen molar-refractivity contribution in [2.45, 2.75) is 44.3 Å². The zero-order valence-electron chi connectivity index (χ0n) is 12.4. The third kappa shape index (κ3) is 4.71. The number of halogens is 3. The van der Waals surface area contributed by atoms with Crippen molar-refractivity contribution in [3.8, 4) is 0 Å². The molecule has 1 saturated carbocycles. The van der Waals surface area contributed by atoms with E-state index in [1.54, 1.807) is 18.2 Å². The predicted octanol–water partition coefficient (Wildman–Crippen LogP) is 3.16. The molecule has 23 heavy (non-hydrogen) atoms. The lowest BCUT2D eigenvalue weighted by Gasteiger charge is -2.30. The van der Waals surface area contributed by atoms with Crippen LogP contribution in [0.2, 0.25) is 0 Å². The van der Waals surface area contributed by atoms with Gasteiger partial charge in [0.05, 0.1) is 17.9 Å². The summed E-state index contributed by atoms with van der Waals surface area (Å²) in [7, 11) is 0. The number of aromatic carboxylic acids is 1. The highest BCUT2D eigenvalue weighted by Crippen LogP contribution is 2.37. The van der Waals surface area contributed by atoms with E-state index in [-0.39, 0.29) is 49.6 Å². The molecule has 0 atom stereocenters. The first-order valence-corrected chi connectivity index (χ1v) is 7.44. The molecule has 1 aromatic carbocycles. The summed E-state index contributed by atoms with van der Waals surface area (Å²) in [6.07, 6.45) is -3.66. The molecule has 1 aliphatic carbocycles. The average molecular weight is 329 g/mol. The van der Waals surface area contributed by atoms with E-state index in [0.29, 0.717) is 5.56 Å². The van der Waals surface area contributed by atoms with E-state index in [0.717, 1.165) is 0 Å². The van der Waals surface area contributed by atoms with Gasteiger partial charge in [-0.2, -0.15) is 13.2 Å². The number of carboxylic acid groups (broad SMARTS) is 1. The second-order valence-corrected chi connectivity index (χ2v) is 5.80. The van der Waals surface area contributed by atoms with E-state index in [1.807, 2.05) is 0 Å². The van der Waals surface area contributed by atoms with Crippen LogP contribution in [-0.4, -0.2) is 29.2 Å². The molecule has 126 valence electrons. The van der Waals surface area contributed by atoms with E-state index >= 15 is 0 Å². The Bertz CT molecular complexity index is 578. The van der Waals surface area contributed by atoms with E-state index in [9.17, 15) is 22.8 Å². The molecular weight excluding hydrogens is 311 g/mol. The van der Waals surface area contributed by atoms with Crippen LogP contribution in [0.4, 0.5) is 13.2 Å². The maximum Gasteiger partial charge on any atom is 0.391 e. The number of hydrogen-bond donors (Lipinski definition) is 2. The summed E-state index contributed by atoms with van der Waals surface area (Å²) in [5, 5.41) is 11.8. The number of benzene rings is 1. The molecule has 0 aliphatic heterocycles. The first kappa shape index (κ1) is 17.3. The van der Waals surface area contributed by atoms with Crippen LogP contribution in [0.1, 0.15) is 41.6 Å². The largest absolute Gasteiger partial charge is 0.478 e. The second-order valence-electron chi connectivity index (χ2n) is 5.80. The van der Waals surface area contributed by atoms with E-state index < -0.39 is 18.1 Å². The third-order valence-electron chi connectivity index (χ3n) is 4.15. The summed E-state index contributed by atoms with van der Waals surface area (Å²) in [6.45, 7) is 0. The molecule has 1 aromatic rings. The number of amides is 1. The van der Waals surface area contributed by atoms with Crippen molar-refractivity contribution in [2.75, 3.05) is 0 Å². The Kier molecular flexibility index (Phi) is 5.28. The van der Waals surface area contributed by atoms with Crippen LogP contribution in [0.5, 0.6) is 0 Å². The topological polar surface area (TPSA) is 66.4 Å². The van der Waals surface area contributed by atoms with Gasteiger partial charge >= 0.3 is 12.1 Å². The zero-order chi connectivity index (χ0) is 17.0. The number of alkyl halides is 3. The first-order chi connectivity index (χ1) is 10.8. The summed E-state index contributed by atoms with van der Waals surface area (Å²) in [5.41, 5.74) is 0.449. The van der Waals surface area contributed by atoms with Gasteiger partial charge < -0.3 is 10.4 Å². The van der Waals surface area contributed by atoms with Crippen LogP contribution in [-0.2, 0) is 11.2 Å². The number of carboxylic acids is 1. The van der Waals surface area contributed by atoms with Crippen molar-refractivity contribution >= 4 is 11.9 Å². The lowest BCUT2D eigenvalue weighted by molar-refractivity contribution is -0.182. The van der Waals surface area contributed by atoms with Crippen LogP contribution >= 0.6 is 0 Å². The summed E-state index contributed by atoms with van der Waals surface area (Å²) < 4.78 is 37.8. The molecule has 0 unspecified atom stereocenters. The lowest BCUT2D eigenvalue weighted by Crippen LogP contribution is -2.40. The van der Waals surface area contributed by atoms with Crippen molar-refractivity contribution in [1.82, 2.24) is 5.32 Å². The molecule has 0 aromatic heterocycles. The Hall–Kier alpha value is -2.05. The van der Waals surface area contributed by atoms with Crippen LogP contribution < -0.4 is 5.32 Å². The average Bonchev–Trinajstić information content (AvgIpc) is 2.47. The van der Waals surface area contributed by atoms with Gasteiger partial charge in [-0.3, -0.25) is 4.79 Å². The van der Waals surface area contributed by atoms with Gasteiger partial charge in [0, 0.05) is 6.04 Å². The van der Waals surface area contributed by atoms with Crippen LogP contribution in [0, 0.1) is 5.92 Å². The molecule has 2 N–H and O–H groups in total. The molecule has 0 bridgehead atoms. The van der Waals surface area contributed by atoms with Gasteiger partial charge in [-0.25, -0.2) is 4.79 Å². The number of carbonyl (C=O) groups is 2. The summed E-state index contributed by atoms with van der Waals surface area (Å²) in [4.78, 5) is 23.1. The fourth-order valence-electron chi connectivity index (χ4n) is 2.90. The minimum Gasteiger partial charge on any atom is -0.478 e. The highest BCUT2D eigenvalue weighted by atomic mass is 19.4. The van der Waals surface area contributed by atoms with Crippen molar-refractivity contribution in [2.24, 2.45) is 5.92 Å².